The molecular weight excluding hydrogens is 218 g/mol. The normalized spacial score (nSPS) is 27.1. The second-order valence-electron chi connectivity index (χ2n) is 4.54. The summed E-state index contributed by atoms with van der Waals surface area (Å²) in [7, 11) is 0. The molecule has 0 spiro atoms. The number of carbonyl (C=O) groups excluding carboxylic acids is 1. The number of Topliss-reactive ketones (excluding diaryl/α,β-unsaturated/α-hetero) is 1. The Balaban J connectivity index is 2.46. The fraction of sp³-hybridized carbons (Fsp3) is 0.385. The second-order valence-corrected chi connectivity index (χ2v) is 4.54. The fourth-order valence-electron chi connectivity index (χ4n) is 2.25. The molecule has 0 bridgehead atoms. The molecule has 2 aliphatic rings. The number of carboxylic acids is 1. The highest BCUT2D eigenvalue weighted by Gasteiger charge is 2.38. The fourth-order valence-corrected chi connectivity index (χ4v) is 2.25. The molecule has 0 aromatic carbocycles. The van der Waals surface area contributed by atoms with E-state index in [1.165, 1.54) is 6.20 Å². The number of carboxylic acid groups (broad SMARTS) is 1. The summed E-state index contributed by atoms with van der Waals surface area (Å²) >= 11 is 0. The lowest BCUT2D eigenvalue weighted by molar-refractivity contribution is -0.136. The van der Waals surface area contributed by atoms with Crippen molar-refractivity contribution in [3.05, 3.63) is 36.1 Å². The molecule has 1 aliphatic heterocycles. The van der Waals surface area contributed by atoms with Crippen molar-refractivity contribution < 1.29 is 14.7 Å². The topological polar surface area (TPSA) is 57.6 Å². The maximum absolute atomic E-state index is 12.0. The molecular formula is C13H15NO3. The van der Waals surface area contributed by atoms with Crippen LogP contribution in [0.1, 0.15) is 13.8 Å². The minimum absolute atomic E-state index is 0.0596. The Morgan fingerprint density at radius 3 is 2.59 bits per heavy atom. The van der Waals surface area contributed by atoms with Crippen molar-refractivity contribution in [2.75, 3.05) is 0 Å². The highest BCUT2D eigenvalue weighted by atomic mass is 16.4. The Kier molecular flexibility index (Phi) is 2.88. The Bertz CT molecular complexity index is 446. The van der Waals surface area contributed by atoms with Crippen molar-refractivity contribution in [2.24, 2.45) is 5.92 Å². The summed E-state index contributed by atoms with van der Waals surface area (Å²) < 4.78 is 0. The highest BCUT2D eigenvalue weighted by molar-refractivity contribution is 6.18. The second kappa shape index (κ2) is 4.20. The van der Waals surface area contributed by atoms with Crippen LogP contribution in [0.4, 0.5) is 0 Å². The standard InChI is InChI=1S/C13H15NO3/c1-8(2)14-7-10(13(16)17)12(15)9-5-3-4-6-11(9)14/h3-9,11H,1-2H3,(H,16,17)/t9-,11-/m1/s1. The molecule has 0 amide bonds. The van der Waals surface area contributed by atoms with Crippen LogP contribution in [0, 0.1) is 5.92 Å². The molecule has 0 radical (unpaired) electrons. The number of nitrogens with zero attached hydrogens (tertiary/aromatic N) is 1. The summed E-state index contributed by atoms with van der Waals surface area (Å²) in [6.07, 6.45) is 8.88. The Hall–Kier alpha value is -1.84. The van der Waals surface area contributed by atoms with Crippen molar-refractivity contribution in [2.45, 2.75) is 25.9 Å². The van der Waals surface area contributed by atoms with Gasteiger partial charge in [0.25, 0.3) is 0 Å². The van der Waals surface area contributed by atoms with Crippen molar-refractivity contribution in [1.29, 1.82) is 0 Å². The molecule has 0 unspecified atom stereocenters. The third-order valence-electron chi connectivity index (χ3n) is 3.12. The van der Waals surface area contributed by atoms with E-state index in [-0.39, 0.29) is 29.4 Å². The third kappa shape index (κ3) is 1.90. The van der Waals surface area contributed by atoms with E-state index in [1.54, 1.807) is 12.2 Å². The lowest BCUT2D eigenvalue weighted by atomic mass is 9.83. The number of hydrogen-bond acceptors (Lipinski definition) is 3. The van der Waals surface area contributed by atoms with Crippen LogP contribution in [0.15, 0.2) is 36.1 Å². The number of allylic oxidation sites excluding steroid dienone is 2. The first-order valence-electron chi connectivity index (χ1n) is 5.64. The molecule has 17 heavy (non-hydrogen) atoms. The van der Waals surface area contributed by atoms with Gasteiger partial charge in [0.2, 0.25) is 0 Å². The van der Waals surface area contributed by atoms with Gasteiger partial charge in [-0.2, -0.15) is 0 Å². The number of ketones is 1. The summed E-state index contributed by atoms with van der Waals surface area (Å²) in [5.74, 6) is -1.83. The van der Waals surface area contributed by atoms with Crippen molar-refractivity contribution in [1.82, 2.24) is 4.90 Å². The predicted molar refractivity (Wildman–Crippen MR) is 63.3 cm³/mol. The van der Waals surface area contributed by atoms with E-state index in [0.717, 1.165) is 0 Å². The van der Waals surface area contributed by atoms with Crippen molar-refractivity contribution in [3.8, 4) is 0 Å². The first-order chi connectivity index (χ1) is 8.02. The lowest BCUT2D eigenvalue weighted by Gasteiger charge is -2.40. The van der Waals surface area contributed by atoms with E-state index in [9.17, 15) is 9.59 Å². The van der Waals surface area contributed by atoms with Crippen LogP contribution < -0.4 is 0 Å². The molecule has 0 fully saturated rings. The largest absolute Gasteiger partial charge is 0.478 e. The zero-order chi connectivity index (χ0) is 12.6. The number of fused-ring (bicyclic) bond motifs is 1. The number of rotatable bonds is 2. The van der Waals surface area contributed by atoms with Gasteiger partial charge in [-0.3, -0.25) is 4.79 Å². The summed E-state index contributed by atoms with van der Waals surface area (Å²) in [6, 6.07) is 0.0942. The van der Waals surface area contributed by atoms with Gasteiger partial charge in [0.15, 0.2) is 5.78 Å². The first kappa shape index (κ1) is 11.6. The SMILES string of the molecule is CC(C)N1C=C(C(=O)O)C(=O)[C@@H]2C=CC=C[C@H]21. The van der Waals surface area contributed by atoms with Crippen LogP contribution in [-0.2, 0) is 9.59 Å². The Morgan fingerprint density at radius 1 is 1.35 bits per heavy atom. The van der Waals surface area contributed by atoms with Gasteiger partial charge in [-0.25, -0.2) is 4.79 Å². The van der Waals surface area contributed by atoms with Gasteiger partial charge in [0, 0.05) is 12.2 Å². The van der Waals surface area contributed by atoms with Crippen LogP contribution in [0.25, 0.3) is 0 Å². The maximum atomic E-state index is 12.0. The van der Waals surface area contributed by atoms with Gasteiger partial charge < -0.3 is 10.0 Å². The first-order valence-corrected chi connectivity index (χ1v) is 5.64. The third-order valence-corrected chi connectivity index (χ3v) is 3.12. The monoisotopic (exact) mass is 233 g/mol. The Morgan fingerprint density at radius 2 is 2.00 bits per heavy atom. The van der Waals surface area contributed by atoms with Gasteiger partial charge in [-0.15, -0.1) is 0 Å². The number of hydrogen-bond donors (Lipinski definition) is 1. The average Bonchev–Trinajstić information content (AvgIpc) is 2.29. The minimum Gasteiger partial charge on any atom is -0.478 e. The number of carbonyl (C=O) groups is 2. The van der Waals surface area contributed by atoms with Crippen LogP contribution in [0.2, 0.25) is 0 Å². The van der Waals surface area contributed by atoms with Crippen LogP contribution in [0.5, 0.6) is 0 Å². The van der Waals surface area contributed by atoms with E-state index in [2.05, 4.69) is 0 Å². The Labute approximate surface area is 99.9 Å². The molecule has 1 aliphatic carbocycles. The quantitative estimate of drug-likeness (QED) is 0.732. The molecule has 2 atom stereocenters. The molecule has 1 heterocycles. The molecule has 0 saturated heterocycles. The van der Waals surface area contributed by atoms with E-state index in [1.807, 2.05) is 30.9 Å². The minimum atomic E-state index is -1.15. The molecule has 90 valence electrons. The van der Waals surface area contributed by atoms with Gasteiger partial charge >= 0.3 is 5.97 Å². The zero-order valence-corrected chi connectivity index (χ0v) is 9.83. The van der Waals surface area contributed by atoms with Crippen LogP contribution in [0.3, 0.4) is 0 Å². The van der Waals surface area contributed by atoms with E-state index >= 15 is 0 Å². The molecule has 4 heteroatoms. The van der Waals surface area contributed by atoms with Crippen LogP contribution >= 0.6 is 0 Å². The molecule has 0 aromatic rings. The van der Waals surface area contributed by atoms with Gasteiger partial charge in [-0.05, 0) is 13.8 Å². The summed E-state index contributed by atoms with van der Waals surface area (Å²) in [5.41, 5.74) is -0.125. The molecule has 0 saturated carbocycles. The van der Waals surface area contributed by atoms with Gasteiger partial charge in [0.1, 0.15) is 5.57 Å². The van der Waals surface area contributed by atoms with E-state index in [4.69, 9.17) is 5.11 Å². The summed E-state index contributed by atoms with van der Waals surface area (Å²) in [5, 5.41) is 9.04. The average molecular weight is 233 g/mol. The summed E-state index contributed by atoms with van der Waals surface area (Å²) in [6.45, 7) is 3.96. The van der Waals surface area contributed by atoms with Gasteiger partial charge in [0.05, 0.1) is 12.0 Å². The molecule has 1 N–H and O–H groups in total. The molecule has 2 rings (SSSR count). The lowest BCUT2D eigenvalue weighted by Crippen LogP contribution is -2.48. The zero-order valence-electron chi connectivity index (χ0n) is 9.83. The van der Waals surface area contributed by atoms with Crippen LogP contribution in [-0.4, -0.2) is 33.8 Å². The predicted octanol–water partition coefficient (Wildman–Crippen LogP) is 1.36. The van der Waals surface area contributed by atoms with E-state index in [0.29, 0.717) is 0 Å². The summed E-state index contributed by atoms with van der Waals surface area (Å²) in [4.78, 5) is 25.0. The smallest absolute Gasteiger partial charge is 0.340 e. The highest BCUT2D eigenvalue weighted by Crippen LogP contribution is 2.29. The maximum Gasteiger partial charge on any atom is 0.340 e. The molecule has 0 aromatic heterocycles. The van der Waals surface area contributed by atoms with Crippen molar-refractivity contribution >= 4 is 11.8 Å². The van der Waals surface area contributed by atoms with E-state index < -0.39 is 5.97 Å². The molecule has 4 nitrogen and oxygen atoms in total. The van der Waals surface area contributed by atoms with Crippen molar-refractivity contribution in [3.63, 3.8) is 0 Å². The van der Waals surface area contributed by atoms with Gasteiger partial charge in [-0.1, -0.05) is 24.3 Å². The number of aliphatic carboxylic acids is 1.